The molecule has 2 aliphatic heterocycles. The molecule has 1 aromatic heterocycles. The molecule has 7 nitrogen and oxygen atoms in total. The van der Waals surface area contributed by atoms with Gasteiger partial charge in [0.05, 0.1) is 13.1 Å². The van der Waals surface area contributed by atoms with E-state index in [1.807, 2.05) is 27.3 Å². The van der Waals surface area contributed by atoms with Crippen molar-refractivity contribution in [2.75, 3.05) is 32.7 Å². The number of urea groups is 1. The third kappa shape index (κ3) is 6.31. The molecule has 0 aliphatic carbocycles. The summed E-state index contributed by atoms with van der Waals surface area (Å²) in [5, 5.41) is 7.01. The smallest absolute Gasteiger partial charge is 0.321 e. The lowest BCUT2D eigenvalue weighted by Crippen LogP contribution is -2.47. The molecule has 0 radical (unpaired) electrons. The van der Waals surface area contributed by atoms with Gasteiger partial charge in [-0.3, -0.25) is 19.8 Å². The van der Waals surface area contributed by atoms with E-state index in [0.29, 0.717) is 25.5 Å². The third-order valence-electron chi connectivity index (χ3n) is 5.48. The molecule has 0 bridgehead atoms. The molecule has 3 heterocycles. The summed E-state index contributed by atoms with van der Waals surface area (Å²) in [5.41, 5.74) is 0. The van der Waals surface area contributed by atoms with Crippen molar-refractivity contribution >= 4 is 29.2 Å². The zero-order chi connectivity index (χ0) is 19.8. The number of imide groups is 1. The summed E-state index contributed by atoms with van der Waals surface area (Å²) in [6, 6.07) is 3.39. The standard InChI is InChI=1S/C20H30N4O3S/c25-18(22-20(27)21-14-17-6-5-13-28-17)15-23-11-7-16(8-12-23)19(26)24-9-3-1-2-4-10-24/h5-6,13,16H,1-4,7-12,14-15H2,(H2,21,22,25,27). The highest BCUT2D eigenvalue weighted by Gasteiger charge is 2.29. The number of rotatable bonds is 5. The molecule has 154 valence electrons. The number of nitrogens with one attached hydrogen (secondary N) is 2. The van der Waals surface area contributed by atoms with Crippen molar-refractivity contribution in [3.8, 4) is 0 Å². The number of hydrogen-bond acceptors (Lipinski definition) is 5. The van der Waals surface area contributed by atoms with Gasteiger partial charge in [-0.25, -0.2) is 4.79 Å². The van der Waals surface area contributed by atoms with Crippen molar-refractivity contribution < 1.29 is 14.4 Å². The Bertz CT molecular complexity index is 648. The molecular weight excluding hydrogens is 376 g/mol. The van der Waals surface area contributed by atoms with E-state index in [2.05, 4.69) is 10.6 Å². The van der Waals surface area contributed by atoms with Crippen molar-refractivity contribution in [2.24, 2.45) is 5.92 Å². The van der Waals surface area contributed by atoms with E-state index in [1.54, 1.807) is 11.3 Å². The molecule has 0 saturated carbocycles. The number of hydrogen-bond donors (Lipinski definition) is 2. The Balaban J connectivity index is 1.34. The molecule has 2 saturated heterocycles. The largest absolute Gasteiger partial charge is 0.342 e. The van der Waals surface area contributed by atoms with Gasteiger partial charge in [-0.05, 0) is 50.2 Å². The predicted molar refractivity (Wildman–Crippen MR) is 109 cm³/mol. The van der Waals surface area contributed by atoms with Crippen LogP contribution in [0.5, 0.6) is 0 Å². The van der Waals surface area contributed by atoms with Gasteiger partial charge in [0.2, 0.25) is 11.8 Å². The predicted octanol–water partition coefficient (Wildman–Crippen LogP) is 2.19. The number of thiophene rings is 1. The molecule has 3 rings (SSSR count). The summed E-state index contributed by atoms with van der Waals surface area (Å²) in [4.78, 5) is 41.8. The van der Waals surface area contributed by atoms with Gasteiger partial charge in [0, 0.05) is 23.9 Å². The molecule has 1 aromatic rings. The van der Waals surface area contributed by atoms with Crippen molar-refractivity contribution in [3.05, 3.63) is 22.4 Å². The molecule has 0 aromatic carbocycles. The van der Waals surface area contributed by atoms with Gasteiger partial charge in [-0.15, -0.1) is 11.3 Å². The molecule has 2 N–H and O–H groups in total. The van der Waals surface area contributed by atoms with Crippen LogP contribution in [0.1, 0.15) is 43.4 Å². The molecular formula is C20H30N4O3S. The third-order valence-corrected chi connectivity index (χ3v) is 6.35. The van der Waals surface area contributed by atoms with E-state index in [4.69, 9.17) is 0 Å². The fourth-order valence-electron chi connectivity index (χ4n) is 3.88. The van der Waals surface area contributed by atoms with Crippen LogP contribution >= 0.6 is 11.3 Å². The summed E-state index contributed by atoms with van der Waals surface area (Å²) in [6.07, 6.45) is 6.23. The molecule has 8 heteroatoms. The van der Waals surface area contributed by atoms with Gasteiger partial charge in [0.15, 0.2) is 0 Å². The van der Waals surface area contributed by atoms with Crippen LogP contribution in [-0.2, 0) is 16.1 Å². The quantitative estimate of drug-likeness (QED) is 0.785. The maximum absolute atomic E-state index is 12.7. The Hall–Kier alpha value is -1.93. The molecule has 4 amide bonds. The first-order chi connectivity index (χ1) is 13.6. The lowest BCUT2D eigenvalue weighted by Gasteiger charge is -2.33. The summed E-state index contributed by atoms with van der Waals surface area (Å²) < 4.78 is 0. The second kappa shape index (κ2) is 10.6. The molecule has 2 aliphatic rings. The van der Waals surface area contributed by atoms with Crippen molar-refractivity contribution in [3.63, 3.8) is 0 Å². The van der Waals surface area contributed by atoms with E-state index in [9.17, 15) is 14.4 Å². The lowest BCUT2D eigenvalue weighted by atomic mass is 9.95. The van der Waals surface area contributed by atoms with Crippen LogP contribution in [-0.4, -0.2) is 60.4 Å². The van der Waals surface area contributed by atoms with Crippen LogP contribution in [0.2, 0.25) is 0 Å². The van der Waals surface area contributed by atoms with Gasteiger partial charge in [-0.1, -0.05) is 18.9 Å². The Morgan fingerprint density at radius 1 is 1.04 bits per heavy atom. The number of nitrogens with zero attached hydrogens (tertiary/aromatic N) is 2. The number of likely N-dealkylation sites (tertiary alicyclic amines) is 2. The van der Waals surface area contributed by atoms with Gasteiger partial charge >= 0.3 is 6.03 Å². The van der Waals surface area contributed by atoms with E-state index in [1.165, 1.54) is 12.8 Å². The second-order valence-electron chi connectivity index (χ2n) is 7.60. The van der Waals surface area contributed by atoms with E-state index in [-0.39, 0.29) is 18.4 Å². The summed E-state index contributed by atoms with van der Waals surface area (Å²) in [6.45, 7) is 3.82. The van der Waals surface area contributed by atoms with Gasteiger partial charge in [-0.2, -0.15) is 0 Å². The average molecular weight is 407 g/mol. The molecule has 0 unspecified atom stereocenters. The number of carbonyl (C=O) groups excluding carboxylic acids is 3. The fraction of sp³-hybridized carbons (Fsp3) is 0.650. The van der Waals surface area contributed by atoms with Crippen molar-refractivity contribution in [1.29, 1.82) is 0 Å². The zero-order valence-corrected chi connectivity index (χ0v) is 17.1. The van der Waals surface area contributed by atoms with Crippen molar-refractivity contribution in [2.45, 2.75) is 45.1 Å². The first-order valence-electron chi connectivity index (χ1n) is 10.2. The Morgan fingerprint density at radius 3 is 2.39 bits per heavy atom. The monoisotopic (exact) mass is 406 g/mol. The molecule has 0 spiro atoms. The van der Waals surface area contributed by atoms with Gasteiger partial charge in [0.25, 0.3) is 0 Å². The highest BCUT2D eigenvalue weighted by molar-refractivity contribution is 7.09. The maximum atomic E-state index is 12.7. The highest BCUT2D eigenvalue weighted by Crippen LogP contribution is 2.21. The fourth-order valence-corrected chi connectivity index (χ4v) is 4.53. The normalized spacial score (nSPS) is 19.1. The second-order valence-corrected chi connectivity index (χ2v) is 8.63. The van der Waals surface area contributed by atoms with Crippen LogP contribution in [0, 0.1) is 5.92 Å². The molecule has 2 fully saturated rings. The van der Waals surface area contributed by atoms with E-state index >= 15 is 0 Å². The Kier molecular flexibility index (Phi) is 7.85. The summed E-state index contributed by atoms with van der Waals surface area (Å²) in [5.74, 6) is 0.0615. The highest BCUT2D eigenvalue weighted by atomic mass is 32.1. The zero-order valence-electron chi connectivity index (χ0n) is 16.3. The maximum Gasteiger partial charge on any atom is 0.321 e. The minimum atomic E-state index is -0.468. The first-order valence-corrected chi connectivity index (χ1v) is 11.1. The average Bonchev–Trinajstić information content (AvgIpc) is 3.07. The lowest BCUT2D eigenvalue weighted by molar-refractivity contribution is -0.137. The van der Waals surface area contributed by atoms with Crippen LogP contribution in [0.4, 0.5) is 4.79 Å². The summed E-state index contributed by atoms with van der Waals surface area (Å²) in [7, 11) is 0. The van der Waals surface area contributed by atoms with Crippen LogP contribution in [0.25, 0.3) is 0 Å². The van der Waals surface area contributed by atoms with Gasteiger partial charge in [0.1, 0.15) is 0 Å². The number of piperidine rings is 1. The van der Waals surface area contributed by atoms with Crippen molar-refractivity contribution in [1.82, 2.24) is 20.4 Å². The SMILES string of the molecule is O=C(CN1CCC(C(=O)N2CCCCCC2)CC1)NC(=O)NCc1cccs1. The minimum absolute atomic E-state index is 0.0755. The van der Waals surface area contributed by atoms with Crippen LogP contribution in [0.3, 0.4) is 0 Å². The first kappa shape index (κ1) is 20.8. The van der Waals surface area contributed by atoms with Crippen LogP contribution < -0.4 is 10.6 Å². The van der Waals surface area contributed by atoms with E-state index in [0.717, 1.165) is 43.6 Å². The summed E-state index contributed by atoms with van der Waals surface area (Å²) >= 11 is 1.56. The topological polar surface area (TPSA) is 81.8 Å². The Morgan fingerprint density at radius 2 is 1.75 bits per heavy atom. The van der Waals surface area contributed by atoms with Crippen LogP contribution in [0.15, 0.2) is 17.5 Å². The molecule has 0 atom stereocenters. The van der Waals surface area contributed by atoms with E-state index < -0.39 is 6.03 Å². The van der Waals surface area contributed by atoms with Gasteiger partial charge < -0.3 is 10.2 Å². The molecule has 28 heavy (non-hydrogen) atoms. The number of carbonyl (C=O) groups is 3. The number of amides is 4. The Labute approximate surface area is 170 Å². The minimum Gasteiger partial charge on any atom is -0.342 e.